The second-order valence-electron chi connectivity index (χ2n) is 6.79. The van der Waals surface area contributed by atoms with Crippen molar-refractivity contribution in [1.29, 1.82) is 0 Å². The summed E-state index contributed by atoms with van der Waals surface area (Å²) in [4.78, 5) is 12.5. The topological polar surface area (TPSA) is 41.1 Å². The van der Waals surface area contributed by atoms with Crippen molar-refractivity contribution < 1.29 is 4.79 Å². The van der Waals surface area contributed by atoms with Crippen molar-refractivity contribution in [3.05, 3.63) is 0 Å². The van der Waals surface area contributed by atoms with Crippen LogP contribution in [0.4, 0.5) is 0 Å². The molecular formula is C16H30N2O. The van der Waals surface area contributed by atoms with Crippen molar-refractivity contribution >= 4 is 5.91 Å². The summed E-state index contributed by atoms with van der Waals surface area (Å²) in [5.41, 5.74) is 0. The lowest BCUT2D eigenvalue weighted by Gasteiger charge is -2.29. The number of hydrogen-bond acceptors (Lipinski definition) is 2. The van der Waals surface area contributed by atoms with Crippen LogP contribution in [0.25, 0.3) is 0 Å². The lowest BCUT2D eigenvalue weighted by atomic mass is 9.79. The molecule has 0 aromatic rings. The Balaban J connectivity index is 1.84. The Hall–Kier alpha value is -0.570. The summed E-state index contributed by atoms with van der Waals surface area (Å²) in [5.74, 6) is 1.75. The van der Waals surface area contributed by atoms with Gasteiger partial charge >= 0.3 is 0 Å². The van der Waals surface area contributed by atoms with E-state index in [1.54, 1.807) is 0 Å². The molecule has 110 valence electrons. The van der Waals surface area contributed by atoms with Gasteiger partial charge in [-0.1, -0.05) is 46.0 Å². The summed E-state index contributed by atoms with van der Waals surface area (Å²) in [6.45, 7) is 6.37. The van der Waals surface area contributed by atoms with Crippen LogP contribution < -0.4 is 10.6 Å². The number of amides is 1. The smallest absolute Gasteiger partial charge is 0.223 e. The first-order valence-electron chi connectivity index (χ1n) is 8.18. The molecule has 0 aromatic heterocycles. The van der Waals surface area contributed by atoms with Gasteiger partial charge in [-0.15, -0.1) is 0 Å². The van der Waals surface area contributed by atoms with E-state index in [1.165, 1.54) is 32.1 Å². The molecule has 1 aliphatic carbocycles. The molecule has 2 rings (SSSR count). The summed E-state index contributed by atoms with van der Waals surface area (Å²) < 4.78 is 0. The van der Waals surface area contributed by atoms with E-state index in [0.717, 1.165) is 31.8 Å². The average Bonchev–Trinajstić information content (AvgIpc) is 2.89. The predicted molar refractivity (Wildman–Crippen MR) is 78.9 cm³/mol. The molecular weight excluding hydrogens is 236 g/mol. The molecule has 1 aliphatic heterocycles. The van der Waals surface area contributed by atoms with Gasteiger partial charge in [0, 0.05) is 18.5 Å². The number of carbonyl (C=O) groups excluding carboxylic acids is 1. The van der Waals surface area contributed by atoms with E-state index in [1.807, 2.05) is 0 Å². The fourth-order valence-corrected chi connectivity index (χ4v) is 3.55. The minimum Gasteiger partial charge on any atom is -0.352 e. The van der Waals surface area contributed by atoms with Crippen LogP contribution in [0.2, 0.25) is 0 Å². The highest BCUT2D eigenvalue weighted by molar-refractivity contribution is 5.79. The Morgan fingerprint density at radius 3 is 2.53 bits per heavy atom. The van der Waals surface area contributed by atoms with Gasteiger partial charge in [-0.3, -0.25) is 4.79 Å². The minimum absolute atomic E-state index is 0.212. The molecule has 0 aromatic carbocycles. The Bertz CT molecular complexity index is 278. The van der Waals surface area contributed by atoms with Gasteiger partial charge < -0.3 is 10.6 Å². The summed E-state index contributed by atoms with van der Waals surface area (Å²) in [5, 5.41) is 6.56. The van der Waals surface area contributed by atoms with Crippen molar-refractivity contribution in [2.45, 2.75) is 64.8 Å². The van der Waals surface area contributed by atoms with Gasteiger partial charge in [-0.05, 0) is 31.2 Å². The van der Waals surface area contributed by atoms with Crippen molar-refractivity contribution in [3.8, 4) is 0 Å². The van der Waals surface area contributed by atoms with E-state index >= 15 is 0 Å². The first-order chi connectivity index (χ1) is 9.16. The average molecular weight is 266 g/mol. The maximum Gasteiger partial charge on any atom is 0.223 e. The van der Waals surface area contributed by atoms with Gasteiger partial charge in [0.2, 0.25) is 5.91 Å². The molecule has 19 heavy (non-hydrogen) atoms. The summed E-state index contributed by atoms with van der Waals surface area (Å²) in [6, 6.07) is 0.361. The van der Waals surface area contributed by atoms with E-state index < -0.39 is 0 Å². The second-order valence-corrected chi connectivity index (χ2v) is 6.79. The van der Waals surface area contributed by atoms with Crippen LogP contribution in [0.5, 0.6) is 0 Å². The SMILES string of the molecule is CC(C)C(CC1CCCCC1)C(=O)NC1CCNC1. The van der Waals surface area contributed by atoms with Crippen LogP contribution >= 0.6 is 0 Å². The van der Waals surface area contributed by atoms with Gasteiger partial charge in [-0.25, -0.2) is 0 Å². The Morgan fingerprint density at radius 2 is 1.95 bits per heavy atom. The minimum atomic E-state index is 0.212. The molecule has 2 N–H and O–H groups in total. The van der Waals surface area contributed by atoms with Crippen molar-refractivity contribution in [3.63, 3.8) is 0 Å². The summed E-state index contributed by atoms with van der Waals surface area (Å²) in [6.07, 6.45) is 8.97. The highest BCUT2D eigenvalue weighted by Gasteiger charge is 2.28. The molecule has 3 nitrogen and oxygen atoms in total. The molecule has 2 fully saturated rings. The van der Waals surface area contributed by atoms with E-state index in [9.17, 15) is 4.79 Å². The third-order valence-corrected chi connectivity index (χ3v) is 4.86. The molecule has 1 amide bonds. The predicted octanol–water partition coefficient (Wildman–Crippen LogP) is 2.71. The first kappa shape index (κ1) is 14.8. The third kappa shape index (κ3) is 4.48. The Morgan fingerprint density at radius 1 is 1.21 bits per heavy atom. The largest absolute Gasteiger partial charge is 0.352 e. The normalized spacial score (nSPS) is 26.6. The second kappa shape index (κ2) is 7.28. The number of rotatable bonds is 5. The number of hydrogen-bond donors (Lipinski definition) is 2. The summed E-state index contributed by atoms with van der Waals surface area (Å²) >= 11 is 0. The van der Waals surface area contributed by atoms with Gasteiger partial charge in [-0.2, -0.15) is 0 Å². The fourth-order valence-electron chi connectivity index (χ4n) is 3.55. The maximum absolute atomic E-state index is 12.5. The quantitative estimate of drug-likeness (QED) is 0.803. The molecule has 0 bridgehead atoms. The van der Waals surface area contributed by atoms with Crippen LogP contribution in [0, 0.1) is 17.8 Å². The van der Waals surface area contributed by atoms with Gasteiger partial charge in [0.05, 0.1) is 0 Å². The molecule has 2 atom stereocenters. The first-order valence-corrected chi connectivity index (χ1v) is 8.18. The third-order valence-electron chi connectivity index (χ3n) is 4.86. The molecule has 1 saturated heterocycles. The molecule has 2 aliphatic rings. The zero-order chi connectivity index (χ0) is 13.7. The van der Waals surface area contributed by atoms with Gasteiger partial charge in [0.1, 0.15) is 0 Å². The monoisotopic (exact) mass is 266 g/mol. The van der Waals surface area contributed by atoms with E-state index in [0.29, 0.717) is 17.9 Å². The zero-order valence-electron chi connectivity index (χ0n) is 12.6. The fraction of sp³-hybridized carbons (Fsp3) is 0.938. The maximum atomic E-state index is 12.5. The number of nitrogens with one attached hydrogen (secondary N) is 2. The van der Waals surface area contributed by atoms with Crippen molar-refractivity contribution in [2.24, 2.45) is 17.8 Å². The van der Waals surface area contributed by atoms with Crippen molar-refractivity contribution in [1.82, 2.24) is 10.6 Å². The van der Waals surface area contributed by atoms with E-state index in [2.05, 4.69) is 24.5 Å². The standard InChI is InChI=1S/C16H30N2O/c1-12(2)15(10-13-6-4-3-5-7-13)16(19)18-14-8-9-17-11-14/h12-15,17H,3-11H2,1-2H3,(H,18,19). The van der Waals surface area contributed by atoms with E-state index in [4.69, 9.17) is 0 Å². The molecule has 3 heteroatoms. The Kier molecular flexibility index (Phi) is 5.68. The molecule has 1 saturated carbocycles. The number of carbonyl (C=O) groups is 1. The van der Waals surface area contributed by atoms with E-state index in [-0.39, 0.29) is 5.92 Å². The molecule has 0 spiro atoms. The van der Waals surface area contributed by atoms with Crippen LogP contribution in [-0.4, -0.2) is 25.0 Å². The lowest BCUT2D eigenvalue weighted by molar-refractivity contribution is -0.127. The van der Waals surface area contributed by atoms with Crippen LogP contribution in [0.1, 0.15) is 58.8 Å². The van der Waals surface area contributed by atoms with Gasteiger partial charge in [0.25, 0.3) is 0 Å². The molecule has 0 radical (unpaired) electrons. The zero-order valence-corrected chi connectivity index (χ0v) is 12.6. The van der Waals surface area contributed by atoms with Crippen molar-refractivity contribution in [2.75, 3.05) is 13.1 Å². The highest BCUT2D eigenvalue weighted by atomic mass is 16.2. The van der Waals surface area contributed by atoms with Gasteiger partial charge in [0.15, 0.2) is 0 Å². The van der Waals surface area contributed by atoms with Crippen LogP contribution in [-0.2, 0) is 4.79 Å². The molecule has 2 unspecified atom stereocenters. The summed E-state index contributed by atoms with van der Waals surface area (Å²) in [7, 11) is 0. The lowest BCUT2D eigenvalue weighted by Crippen LogP contribution is -2.42. The highest BCUT2D eigenvalue weighted by Crippen LogP contribution is 2.31. The molecule has 1 heterocycles. The van der Waals surface area contributed by atoms with Crippen LogP contribution in [0.15, 0.2) is 0 Å². The Labute approximate surface area is 117 Å². The van der Waals surface area contributed by atoms with Crippen LogP contribution in [0.3, 0.4) is 0 Å².